The van der Waals surface area contributed by atoms with Crippen molar-refractivity contribution in [2.45, 2.75) is 33.3 Å². The number of benzene rings is 1. The molecule has 2 aromatic rings. The number of nitrogens with zero attached hydrogens (tertiary/aromatic N) is 2. The zero-order valence-corrected chi connectivity index (χ0v) is 11.5. The molecule has 0 N–H and O–H groups in total. The number of rotatable bonds is 0. The van der Waals surface area contributed by atoms with Crippen molar-refractivity contribution in [2.75, 3.05) is 0 Å². The van der Waals surface area contributed by atoms with E-state index in [1.165, 1.54) is 4.68 Å². The Balaban J connectivity index is 2.52. The molecule has 4 nitrogen and oxygen atoms in total. The van der Waals surface area contributed by atoms with Gasteiger partial charge in [0, 0.05) is 10.9 Å². The molecule has 1 aromatic heterocycles. The van der Waals surface area contributed by atoms with Crippen LogP contribution in [0.1, 0.15) is 32.0 Å². The minimum Gasteiger partial charge on any atom is -0.442 e. The Hall–Kier alpha value is -2.28. The standard InChI is InChI=1S/C15H16N2O2/c1-6-11-7-8-13-12(9-11)10(2)16-17(13)14(18)19-15(3,4)5/h1,7-9H,2-5H3. The van der Waals surface area contributed by atoms with E-state index < -0.39 is 11.7 Å². The first kappa shape index (κ1) is 13.2. The minimum atomic E-state index is -0.554. The highest BCUT2D eigenvalue weighted by atomic mass is 16.6. The molecular formula is C15H16N2O2. The van der Waals surface area contributed by atoms with Crippen molar-refractivity contribution in [2.24, 2.45) is 0 Å². The first-order valence-corrected chi connectivity index (χ1v) is 6.01. The molecule has 0 aliphatic heterocycles. The fourth-order valence-electron chi connectivity index (χ4n) is 1.80. The molecule has 0 radical (unpaired) electrons. The number of carbonyl (C=O) groups is 1. The molecule has 0 amide bonds. The lowest BCUT2D eigenvalue weighted by Gasteiger charge is -2.19. The van der Waals surface area contributed by atoms with Crippen LogP contribution in [0.15, 0.2) is 18.2 Å². The molecule has 0 atom stereocenters. The molecule has 0 unspecified atom stereocenters. The third kappa shape index (κ3) is 2.60. The van der Waals surface area contributed by atoms with Crippen LogP contribution in [-0.2, 0) is 4.74 Å². The van der Waals surface area contributed by atoms with E-state index in [0.717, 1.165) is 16.6 Å². The van der Waals surface area contributed by atoms with Gasteiger partial charge in [-0.05, 0) is 45.9 Å². The minimum absolute atomic E-state index is 0.487. The highest BCUT2D eigenvalue weighted by Crippen LogP contribution is 2.21. The lowest BCUT2D eigenvalue weighted by Crippen LogP contribution is -2.27. The summed E-state index contributed by atoms with van der Waals surface area (Å²) in [5.74, 6) is 2.57. The first-order chi connectivity index (χ1) is 8.81. The molecule has 2 rings (SSSR count). The summed E-state index contributed by atoms with van der Waals surface area (Å²) in [6.07, 6.45) is 4.88. The van der Waals surface area contributed by atoms with Crippen LogP contribution in [0.4, 0.5) is 4.79 Å². The van der Waals surface area contributed by atoms with Crippen LogP contribution in [0.2, 0.25) is 0 Å². The van der Waals surface area contributed by atoms with Crippen LogP contribution in [0.5, 0.6) is 0 Å². The molecule has 4 heteroatoms. The van der Waals surface area contributed by atoms with Crippen LogP contribution >= 0.6 is 0 Å². The van der Waals surface area contributed by atoms with Crippen molar-refractivity contribution < 1.29 is 9.53 Å². The van der Waals surface area contributed by atoms with Crippen molar-refractivity contribution in [3.8, 4) is 12.3 Å². The number of hydrogen-bond donors (Lipinski definition) is 0. The fraction of sp³-hybridized carbons (Fsp3) is 0.333. The number of fused-ring (bicyclic) bond motifs is 1. The van der Waals surface area contributed by atoms with Gasteiger partial charge < -0.3 is 4.74 Å². The van der Waals surface area contributed by atoms with E-state index in [9.17, 15) is 4.79 Å². The van der Waals surface area contributed by atoms with E-state index in [1.807, 2.05) is 33.8 Å². The smallest absolute Gasteiger partial charge is 0.435 e. The van der Waals surface area contributed by atoms with Gasteiger partial charge in [0.15, 0.2) is 0 Å². The van der Waals surface area contributed by atoms with E-state index in [1.54, 1.807) is 12.1 Å². The molecule has 0 spiro atoms. The van der Waals surface area contributed by atoms with E-state index in [0.29, 0.717) is 5.52 Å². The summed E-state index contributed by atoms with van der Waals surface area (Å²) < 4.78 is 6.60. The summed E-state index contributed by atoms with van der Waals surface area (Å²) in [4.78, 5) is 12.1. The van der Waals surface area contributed by atoms with E-state index in [2.05, 4.69) is 11.0 Å². The second kappa shape index (κ2) is 4.43. The molecule has 1 heterocycles. The van der Waals surface area contributed by atoms with Gasteiger partial charge in [-0.1, -0.05) is 5.92 Å². The Bertz CT molecular complexity index is 684. The average molecular weight is 256 g/mol. The molecule has 0 saturated carbocycles. The lowest BCUT2D eigenvalue weighted by atomic mass is 10.1. The molecule has 0 aliphatic rings. The van der Waals surface area contributed by atoms with Crippen molar-refractivity contribution in [1.29, 1.82) is 0 Å². The highest BCUT2D eigenvalue weighted by Gasteiger charge is 2.21. The maximum absolute atomic E-state index is 12.1. The zero-order valence-electron chi connectivity index (χ0n) is 11.5. The fourth-order valence-corrected chi connectivity index (χ4v) is 1.80. The third-order valence-electron chi connectivity index (χ3n) is 2.60. The predicted octanol–water partition coefficient (Wildman–Crippen LogP) is 3.11. The average Bonchev–Trinajstić information content (AvgIpc) is 2.64. The number of hydrogen-bond acceptors (Lipinski definition) is 3. The van der Waals surface area contributed by atoms with E-state index in [-0.39, 0.29) is 0 Å². The summed E-state index contributed by atoms with van der Waals surface area (Å²) in [5.41, 5.74) is 1.66. The summed E-state index contributed by atoms with van der Waals surface area (Å²) in [5, 5.41) is 5.09. The van der Waals surface area contributed by atoms with Gasteiger partial charge in [-0.25, -0.2) is 4.79 Å². The molecule has 98 valence electrons. The normalized spacial score (nSPS) is 11.3. The Morgan fingerprint density at radius 2 is 2.11 bits per heavy atom. The highest BCUT2D eigenvalue weighted by molar-refractivity contribution is 5.90. The van der Waals surface area contributed by atoms with Crippen molar-refractivity contribution in [3.05, 3.63) is 29.5 Å². The van der Waals surface area contributed by atoms with Gasteiger partial charge in [0.1, 0.15) is 5.60 Å². The monoisotopic (exact) mass is 256 g/mol. The van der Waals surface area contributed by atoms with Crippen molar-refractivity contribution in [3.63, 3.8) is 0 Å². The maximum atomic E-state index is 12.1. The van der Waals surface area contributed by atoms with Gasteiger partial charge in [-0.2, -0.15) is 9.78 Å². The van der Waals surface area contributed by atoms with Gasteiger partial charge in [0.2, 0.25) is 0 Å². The second-order valence-corrected chi connectivity index (χ2v) is 5.35. The van der Waals surface area contributed by atoms with E-state index >= 15 is 0 Å². The van der Waals surface area contributed by atoms with Crippen LogP contribution < -0.4 is 0 Å². The Morgan fingerprint density at radius 1 is 1.42 bits per heavy atom. The number of ether oxygens (including phenoxy) is 1. The Kier molecular flexibility index (Phi) is 3.07. The number of carbonyl (C=O) groups excluding carboxylic acids is 1. The third-order valence-corrected chi connectivity index (χ3v) is 2.60. The Labute approximate surface area is 112 Å². The predicted molar refractivity (Wildman–Crippen MR) is 74.0 cm³/mol. The van der Waals surface area contributed by atoms with Crippen molar-refractivity contribution >= 4 is 17.0 Å². The summed E-state index contributed by atoms with van der Waals surface area (Å²) >= 11 is 0. The zero-order chi connectivity index (χ0) is 14.2. The van der Waals surface area contributed by atoms with Gasteiger partial charge in [-0.3, -0.25) is 0 Å². The summed E-state index contributed by atoms with van der Waals surface area (Å²) in [6, 6.07) is 5.41. The van der Waals surface area contributed by atoms with E-state index in [4.69, 9.17) is 11.2 Å². The largest absolute Gasteiger partial charge is 0.442 e. The molecular weight excluding hydrogens is 240 g/mol. The quantitative estimate of drug-likeness (QED) is 0.680. The second-order valence-electron chi connectivity index (χ2n) is 5.35. The molecule has 0 saturated heterocycles. The van der Waals surface area contributed by atoms with Crippen LogP contribution in [0, 0.1) is 19.3 Å². The van der Waals surface area contributed by atoms with Crippen LogP contribution in [0.3, 0.4) is 0 Å². The number of aromatic nitrogens is 2. The number of aryl methyl sites for hydroxylation is 1. The number of terminal acetylenes is 1. The summed E-state index contributed by atoms with van der Waals surface area (Å²) in [7, 11) is 0. The van der Waals surface area contributed by atoms with Crippen LogP contribution in [-0.4, -0.2) is 21.5 Å². The molecule has 0 fully saturated rings. The first-order valence-electron chi connectivity index (χ1n) is 6.01. The molecule has 19 heavy (non-hydrogen) atoms. The lowest BCUT2D eigenvalue weighted by molar-refractivity contribution is 0.0522. The van der Waals surface area contributed by atoms with Gasteiger partial charge >= 0.3 is 6.09 Å². The van der Waals surface area contributed by atoms with Crippen molar-refractivity contribution in [1.82, 2.24) is 9.78 Å². The molecule has 1 aromatic carbocycles. The summed E-state index contributed by atoms with van der Waals surface area (Å²) in [6.45, 7) is 7.29. The maximum Gasteiger partial charge on any atom is 0.435 e. The molecule has 0 aliphatic carbocycles. The van der Waals surface area contributed by atoms with Gasteiger partial charge in [0.25, 0.3) is 0 Å². The SMILES string of the molecule is C#Cc1ccc2c(c1)c(C)nn2C(=O)OC(C)(C)C. The topological polar surface area (TPSA) is 44.1 Å². The Morgan fingerprint density at radius 3 is 2.68 bits per heavy atom. The van der Waals surface area contributed by atoms with Gasteiger partial charge in [0.05, 0.1) is 11.2 Å². The van der Waals surface area contributed by atoms with Gasteiger partial charge in [-0.15, -0.1) is 6.42 Å². The van der Waals surface area contributed by atoms with Crippen LogP contribution in [0.25, 0.3) is 10.9 Å². The molecule has 0 bridgehead atoms.